The van der Waals surface area contributed by atoms with Crippen molar-refractivity contribution in [2.75, 3.05) is 0 Å². The summed E-state index contributed by atoms with van der Waals surface area (Å²) in [4.78, 5) is 0. The average Bonchev–Trinajstić information content (AvgIpc) is 2.04. The van der Waals surface area contributed by atoms with Gasteiger partial charge in [-0.25, -0.2) is 0 Å². The molecule has 0 nitrogen and oxygen atoms in total. The Labute approximate surface area is 80.7 Å². The molecule has 0 N–H and O–H groups in total. The Morgan fingerprint density at radius 2 is 1.75 bits per heavy atom. The van der Waals surface area contributed by atoms with E-state index < -0.39 is 0 Å². The molecule has 1 radical (unpaired) electrons. The zero-order chi connectivity index (χ0) is 8.55. The van der Waals surface area contributed by atoms with Crippen LogP contribution < -0.4 is 0 Å². The highest BCUT2D eigenvalue weighted by molar-refractivity contribution is 6.42. The summed E-state index contributed by atoms with van der Waals surface area (Å²) in [6, 6.07) is 12.3. The third-order valence-corrected chi connectivity index (χ3v) is 2.35. The van der Waals surface area contributed by atoms with Crippen LogP contribution in [-0.2, 0) is 0 Å². The van der Waals surface area contributed by atoms with E-state index >= 15 is 0 Å². The average molecular weight is 196 g/mol. The molecule has 0 unspecified atom stereocenters. The molecule has 0 saturated heterocycles. The van der Waals surface area contributed by atoms with Gasteiger partial charge in [-0.05, 0) is 23.6 Å². The second-order valence-electron chi connectivity index (χ2n) is 2.49. The topological polar surface area (TPSA) is 0 Å². The van der Waals surface area contributed by atoms with E-state index in [2.05, 4.69) is 6.07 Å². The maximum atomic E-state index is 5.96. The zero-order valence-electron chi connectivity index (χ0n) is 6.14. The van der Waals surface area contributed by atoms with Crippen LogP contribution in [0.25, 0.3) is 10.8 Å². The Kier molecular flexibility index (Phi) is 1.95. The van der Waals surface area contributed by atoms with E-state index in [-0.39, 0.29) is 0 Å². The number of hydrogen-bond donors (Lipinski definition) is 0. The summed E-state index contributed by atoms with van der Waals surface area (Å²) in [6.07, 6.45) is 0. The van der Waals surface area contributed by atoms with Gasteiger partial charge in [-0.2, -0.15) is 0 Å². The van der Waals surface area contributed by atoms with Crippen molar-refractivity contribution >= 4 is 34.0 Å². The first kappa shape index (κ1) is 7.90. The highest BCUT2D eigenvalue weighted by Crippen LogP contribution is 2.29. The molecular formula is C10H5Cl2. The molecule has 2 heteroatoms. The first-order valence-electron chi connectivity index (χ1n) is 3.53. The number of benzene rings is 2. The van der Waals surface area contributed by atoms with Crippen LogP contribution in [0.1, 0.15) is 0 Å². The molecule has 0 aliphatic rings. The molecule has 0 fully saturated rings. The van der Waals surface area contributed by atoms with Gasteiger partial charge in [0.15, 0.2) is 0 Å². The van der Waals surface area contributed by atoms with E-state index in [4.69, 9.17) is 23.2 Å². The van der Waals surface area contributed by atoms with Crippen LogP contribution in [0.15, 0.2) is 30.3 Å². The largest absolute Gasteiger partial charge is 0.0836 e. The second kappa shape index (κ2) is 2.96. The minimum absolute atomic E-state index is 0.675. The van der Waals surface area contributed by atoms with Crippen LogP contribution in [-0.4, -0.2) is 0 Å². The summed E-state index contributed by atoms with van der Waals surface area (Å²) >= 11 is 11.9. The van der Waals surface area contributed by atoms with Crippen molar-refractivity contribution in [2.45, 2.75) is 0 Å². The highest BCUT2D eigenvalue weighted by atomic mass is 35.5. The Morgan fingerprint density at radius 1 is 1.00 bits per heavy atom. The lowest BCUT2D eigenvalue weighted by Crippen LogP contribution is -1.74. The van der Waals surface area contributed by atoms with E-state index in [0.29, 0.717) is 10.0 Å². The molecule has 0 heterocycles. The maximum absolute atomic E-state index is 5.96. The molecule has 0 aliphatic heterocycles. The van der Waals surface area contributed by atoms with Crippen molar-refractivity contribution in [2.24, 2.45) is 0 Å². The predicted molar refractivity (Wildman–Crippen MR) is 52.8 cm³/mol. The highest BCUT2D eigenvalue weighted by Gasteiger charge is 2.01. The van der Waals surface area contributed by atoms with E-state index in [0.717, 1.165) is 10.8 Å². The first-order valence-corrected chi connectivity index (χ1v) is 4.29. The summed E-state index contributed by atoms with van der Waals surface area (Å²) in [5.41, 5.74) is 0. The van der Waals surface area contributed by atoms with Gasteiger partial charge < -0.3 is 0 Å². The molecule has 59 valence electrons. The summed E-state index contributed by atoms with van der Waals surface area (Å²) < 4.78 is 0. The van der Waals surface area contributed by atoms with E-state index in [1.165, 1.54) is 0 Å². The Hall–Kier alpha value is -0.720. The van der Waals surface area contributed by atoms with Crippen LogP contribution in [0.3, 0.4) is 0 Å². The molecule has 0 aliphatic carbocycles. The molecule has 0 saturated carbocycles. The normalized spacial score (nSPS) is 10.5. The van der Waals surface area contributed by atoms with Gasteiger partial charge in [0.25, 0.3) is 0 Å². The molecule has 0 spiro atoms. The minimum atomic E-state index is 0.675. The molecule has 0 bridgehead atoms. The SMILES string of the molecule is Clc1cc[c]c2cccc(Cl)c12. The molecule has 0 amide bonds. The lowest BCUT2D eigenvalue weighted by Gasteiger charge is -2.00. The molecule has 2 aromatic rings. The van der Waals surface area contributed by atoms with Crippen LogP contribution in [0.2, 0.25) is 10.0 Å². The van der Waals surface area contributed by atoms with Crippen LogP contribution in [0.4, 0.5) is 0 Å². The Morgan fingerprint density at radius 3 is 2.50 bits per heavy atom. The monoisotopic (exact) mass is 195 g/mol. The predicted octanol–water partition coefficient (Wildman–Crippen LogP) is 3.95. The minimum Gasteiger partial charge on any atom is -0.0836 e. The number of rotatable bonds is 0. The lowest BCUT2D eigenvalue weighted by atomic mass is 10.1. The van der Waals surface area contributed by atoms with Gasteiger partial charge in [0.2, 0.25) is 0 Å². The van der Waals surface area contributed by atoms with Gasteiger partial charge >= 0.3 is 0 Å². The van der Waals surface area contributed by atoms with E-state index in [1.807, 2.05) is 18.2 Å². The fourth-order valence-corrected chi connectivity index (χ4v) is 1.77. The van der Waals surface area contributed by atoms with Gasteiger partial charge in [0.05, 0.1) is 0 Å². The van der Waals surface area contributed by atoms with Crippen molar-refractivity contribution in [3.8, 4) is 0 Å². The molecule has 2 aromatic carbocycles. The van der Waals surface area contributed by atoms with Gasteiger partial charge in [-0.15, -0.1) is 0 Å². The lowest BCUT2D eigenvalue weighted by molar-refractivity contribution is 1.73. The van der Waals surface area contributed by atoms with Gasteiger partial charge in [-0.3, -0.25) is 0 Å². The van der Waals surface area contributed by atoms with Crippen molar-refractivity contribution in [1.29, 1.82) is 0 Å². The Balaban J connectivity index is 2.96. The molecule has 12 heavy (non-hydrogen) atoms. The van der Waals surface area contributed by atoms with Crippen molar-refractivity contribution < 1.29 is 0 Å². The Bertz CT molecular complexity index is 384. The third-order valence-electron chi connectivity index (χ3n) is 1.72. The second-order valence-corrected chi connectivity index (χ2v) is 3.30. The zero-order valence-corrected chi connectivity index (χ0v) is 7.65. The number of halogens is 2. The van der Waals surface area contributed by atoms with Crippen LogP contribution >= 0.6 is 23.2 Å². The van der Waals surface area contributed by atoms with Gasteiger partial charge in [-0.1, -0.05) is 41.4 Å². The quantitative estimate of drug-likeness (QED) is 0.598. The van der Waals surface area contributed by atoms with Crippen molar-refractivity contribution in [3.63, 3.8) is 0 Å². The van der Waals surface area contributed by atoms with E-state index in [1.54, 1.807) is 12.1 Å². The summed E-state index contributed by atoms with van der Waals surface area (Å²) in [5, 5.41) is 3.18. The van der Waals surface area contributed by atoms with Crippen LogP contribution in [0, 0.1) is 6.07 Å². The molecular weight excluding hydrogens is 191 g/mol. The number of fused-ring (bicyclic) bond motifs is 1. The van der Waals surface area contributed by atoms with E-state index in [9.17, 15) is 0 Å². The fourth-order valence-electron chi connectivity index (χ4n) is 1.18. The fraction of sp³-hybridized carbons (Fsp3) is 0. The summed E-state index contributed by atoms with van der Waals surface area (Å²) in [6.45, 7) is 0. The van der Waals surface area contributed by atoms with Crippen molar-refractivity contribution in [1.82, 2.24) is 0 Å². The van der Waals surface area contributed by atoms with Crippen LogP contribution in [0.5, 0.6) is 0 Å². The smallest absolute Gasteiger partial charge is 0.0499 e. The van der Waals surface area contributed by atoms with Gasteiger partial charge in [0, 0.05) is 15.4 Å². The third kappa shape index (κ3) is 1.17. The molecule has 2 rings (SSSR count). The first-order chi connectivity index (χ1) is 5.79. The summed E-state index contributed by atoms with van der Waals surface area (Å²) in [5.74, 6) is 0. The molecule has 0 aromatic heterocycles. The maximum Gasteiger partial charge on any atom is 0.0499 e. The standard InChI is InChI=1S/C10H5Cl2/c11-8-5-1-3-7-4-2-6-9(12)10(7)8/h1-3,5-6H. The summed E-state index contributed by atoms with van der Waals surface area (Å²) in [7, 11) is 0. The van der Waals surface area contributed by atoms with Crippen molar-refractivity contribution in [3.05, 3.63) is 46.4 Å². The number of hydrogen-bond acceptors (Lipinski definition) is 0. The molecule has 0 atom stereocenters. The van der Waals surface area contributed by atoms with Gasteiger partial charge in [0.1, 0.15) is 0 Å².